The maximum Gasteiger partial charge on any atom is 0.325 e. The molecule has 3 amide bonds. The zero-order valence-corrected chi connectivity index (χ0v) is 15.4. The Morgan fingerprint density at radius 3 is 2.71 bits per heavy atom. The van der Waals surface area contributed by atoms with Crippen LogP contribution in [0.1, 0.15) is 33.6 Å². The molecular weight excluding hydrogens is 354 g/mol. The first-order chi connectivity index (χ1) is 13.5. The molecule has 0 unspecified atom stereocenters. The highest BCUT2D eigenvalue weighted by Gasteiger charge is 2.55. The Bertz CT molecular complexity index is 1160. The number of carbonyl (C=O) groups is 3. The molecule has 6 nitrogen and oxygen atoms in total. The Labute approximate surface area is 161 Å². The Morgan fingerprint density at radius 1 is 1.11 bits per heavy atom. The molecule has 1 aliphatic carbocycles. The van der Waals surface area contributed by atoms with Crippen molar-refractivity contribution in [3.05, 3.63) is 70.9 Å². The second kappa shape index (κ2) is 5.79. The fourth-order valence-corrected chi connectivity index (χ4v) is 4.59. The molecule has 1 aliphatic heterocycles. The van der Waals surface area contributed by atoms with Crippen LogP contribution in [0.4, 0.5) is 4.79 Å². The second-order valence-corrected chi connectivity index (χ2v) is 7.48. The van der Waals surface area contributed by atoms with Gasteiger partial charge in [0.05, 0.1) is 6.54 Å². The van der Waals surface area contributed by atoms with Crippen LogP contribution in [0.15, 0.2) is 48.5 Å². The highest BCUT2D eigenvalue weighted by Crippen LogP contribution is 2.41. The second-order valence-electron chi connectivity index (χ2n) is 7.48. The molecule has 0 saturated carbocycles. The van der Waals surface area contributed by atoms with E-state index in [0.717, 1.165) is 39.0 Å². The summed E-state index contributed by atoms with van der Waals surface area (Å²) in [5.41, 5.74) is 3.00. The summed E-state index contributed by atoms with van der Waals surface area (Å²) >= 11 is 0. The summed E-state index contributed by atoms with van der Waals surface area (Å²) in [7, 11) is 0. The molecule has 0 bridgehead atoms. The number of benzene rings is 2. The van der Waals surface area contributed by atoms with Gasteiger partial charge in [-0.3, -0.25) is 14.5 Å². The summed E-state index contributed by atoms with van der Waals surface area (Å²) in [6.45, 7) is 1.56. The van der Waals surface area contributed by atoms with E-state index >= 15 is 0 Å². The van der Waals surface area contributed by atoms with E-state index in [1.165, 1.54) is 0 Å². The number of aryl methyl sites for hydroxylation is 2. The van der Waals surface area contributed by atoms with Gasteiger partial charge in [0.15, 0.2) is 5.78 Å². The van der Waals surface area contributed by atoms with Crippen molar-refractivity contribution in [2.24, 2.45) is 0 Å². The third-order valence-electron chi connectivity index (χ3n) is 5.90. The topological polar surface area (TPSA) is 82.3 Å². The predicted molar refractivity (Wildman–Crippen MR) is 104 cm³/mol. The minimum Gasteiger partial charge on any atom is -0.358 e. The number of amides is 3. The van der Waals surface area contributed by atoms with Gasteiger partial charge in [-0.15, -0.1) is 0 Å². The Morgan fingerprint density at radius 2 is 1.86 bits per heavy atom. The Kier molecular flexibility index (Phi) is 3.46. The average molecular weight is 373 g/mol. The summed E-state index contributed by atoms with van der Waals surface area (Å²) in [5, 5.41) is 3.67. The van der Waals surface area contributed by atoms with Crippen molar-refractivity contribution in [2.75, 3.05) is 6.54 Å². The summed E-state index contributed by atoms with van der Waals surface area (Å²) in [6.07, 6.45) is 1.25. The molecule has 1 saturated heterocycles. The lowest BCUT2D eigenvalue weighted by atomic mass is 9.92. The molecule has 2 aromatic carbocycles. The predicted octanol–water partition coefficient (Wildman–Crippen LogP) is 3.05. The van der Waals surface area contributed by atoms with E-state index in [1.54, 1.807) is 0 Å². The number of nitrogens with zero attached hydrogens (tertiary/aromatic N) is 1. The van der Waals surface area contributed by atoms with Crippen molar-refractivity contribution in [3.8, 4) is 0 Å². The number of para-hydroxylation sites is 1. The maximum absolute atomic E-state index is 13.2. The number of urea groups is 1. The van der Waals surface area contributed by atoms with E-state index in [1.807, 2.05) is 55.5 Å². The van der Waals surface area contributed by atoms with E-state index in [4.69, 9.17) is 0 Å². The lowest BCUT2D eigenvalue weighted by Crippen LogP contribution is -2.42. The quantitative estimate of drug-likeness (QED) is 0.547. The number of fused-ring (bicyclic) bond motifs is 3. The van der Waals surface area contributed by atoms with Crippen LogP contribution in [0.3, 0.4) is 0 Å². The number of carbonyl (C=O) groups excluding carboxylic acids is 3. The zero-order valence-electron chi connectivity index (χ0n) is 15.4. The number of Topliss-reactive ketones (excluding diaryl/α,β-unsaturated/α-hetero) is 1. The molecule has 6 heteroatoms. The van der Waals surface area contributed by atoms with Crippen LogP contribution in [0.5, 0.6) is 0 Å². The number of hydrogen-bond acceptors (Lipinski definition) is 3. The molecule has 5 rings (SSSR count). The van der Waals surface area contributed by atoms with Gasteiger partial charge in [-0.1, -0.05) is 42.5 Å². The molecule has 2 N–H and O–H groups in total. The van der Waals surface area contributed by atoms with Gasteiger partial charge in [0.25, 0.3) is 5.91 Å². The monoisotopic (exact) mass is 373 g/mol. The van der Waals surface area contributed by atoms with Gasteiger partial charge in [0.1, 0.15) is 5.54 Å². The molecule has 0 radical (unpaired) electrons. The fourth-order valence-electron chi connectivity index (χ4n) is 4.59. The normalized spacial score (nSPS) is 20.8. The number of imide groups is 1. The minimum absolute atomic E-state index is 0.248. The largest absolute Gasteiger partial charge is 0.358 e. The van der Waals surface area contributed by atoms with Crippen LogP contribution in [-0.2, 0) is 16.8 Å². The molecule has 1 atom stereocenters. The third-order valence-corrected chi connectivity index (χ3v) is 5.90. The van der Waals surface area contributed by atoms with Gasteiger partial charge >= 0.3 is 6.03 Å². The number of hydrogen-bond donors (Lipinski definition) is 2. The van der Waals surface area contributed by atoms with Gasteiger partial charge in [-0.2, -0.15) is 0 Å². The number of H-pyrrole nitrogens is 1. The summed E-state index contributed by atoms with van der Waals surface area (Å²) in [6, 6.07) is 14.7. The number of nitrogens with one attached hydrogen (secondary N) is 2. The van der Waals surface area contributed by atoms with Crippen molar-refractivity contribution in [1.29, 1.82) is 0 Å². The van der Waals surface area contributed by atoms with Crippen molar-refractivity contribution in [3.63, 3.8) is 0 Å². The van der Waals surface area contributed by atoms with Gasteiger partial charge in [-0.05, 0) is 37.0 Å². The highest BCUT2D eigenvalue weighted by molar-refractivity contribution is 6.15. The van der Waals surface area contributed by atoms with Gasteiger partial charge in [-0.25, -0.2) is 4.79 Å². The zero-order chi connectivity index (χ0) is 19.5. The van der Waals surface area contributed by atoms with E-state index in [9.17, 15) is 14.4 Å². The Hall–Kier alpha value is -3.41. The molecule has 3 aromatic rings. The molecule has 1 aromatic heterocycles. The van der Waals surface area contributed by atoms with E-state index < -0.39 is 11.6 Å². The summed E-state index contributed by atoms with van der Waals surface area (Å²) < 4.78 is 0. The first kappa shape index (κ1) is 16.7. The molecule has 140 valence electrons. The smallest absolute Gasteiger partial charge is 0.325 e. The van der Waals surface area contributed by atoms with E-state index in [-0.39, 0.29) is 18.2 Å². The standard InChI is InChI=1S/C22H19N3O3/c1-13-19(15-7-3-5-9-17(15)23-13)18(26)12-25-20(27)22(24-21(25)28)11-10-14-6-2-4-8-16(14)22/h2-9,23H,10-12H2,1H3,(H,24,28)/t22-/m0/s1. The number of aromatic amines is 1. The average Bonchev–Trinajstić information content (AvgIpc) is 3.30. The molecule has 2 aliphatic rings. The molecular formula is C22H19N3O3. The van der Waals surface area contributed by atoms with Crippen LogP contribution in [0.25, 0.3) is 10.9 Å². The molecule has 28 heavy (non-hydrogen) atoms. The SMILES string of the molecule is Cc1[nH]c2ccccc2c1C(=O)CN1C(=O)N[C@]2(CCc3ccccc32)C1=O. The van der Waals surface area contributed by atoms with Crippen molar-refractivity contribution >= 4 is 28.6 Å². The van der Waals surface area contributed by atoms with E-state index in [0.29, 0.717) is 12.0 Å². The third kappa shape index (κ3) is 2.17. The molecule has 2 heterocycles. The maximum atomic E-state index is 13.2. The van der Waals surface area contributed by atoms with Crippen LogP contribution >= 0.6 is 0 Å². The molecule has 1 fully saturated rings. The van der Waals surface area contributed by atoms with Crippen molar-refractivity contribution in [2.45, 2.75) is 25.3 Å². The van der Waals surface area contributed by atoms with Gasteiger partial charge in [0.2, 0.25) is 0 Å². The van der Waals surface area contributed by atoms with Crippen LogP contribution in [0, 0.1) is 6.92 Å². The lowest BCUT2D eigenvalue weighted by molar-refractivity contribution is -0.131. The van der Waals surface area contributed by atoms with Gasteiger partial charge in [0, 0.05) is 22.2 Å². The van der Waals surface area contributed by atoms with Crippen LogP contribution in [-0.4, -0.2) is 34.2 Å². The van der Waals surface area contributed by atoms with Crippen molar-refractivity contribution < 1.29 is 14.4 Å². The van der Waals surface area contributed by atoms with Crippen LogP contribution < -0.4 is 5.32 Å². The summed E-state index contributed by atoms with van der Waals surface area (Å²) in [4.78, 5) is 43.2. The summed E-state index contributed by atoms with van der Waals surface area (Å²) in [5.74, 6) is -0.588. The fraction of sp³-hybridized carbons (Fsp3) is 0.227. The number of rotatable bonds is 3. The van der Waals surface area contributed by atoms with Crippen LogP contribution in [0.2, 0.25) is 0 Å². The number of aromatic nitrogens is 1. The first-order valence-electron chi connectivity index (χ1n) is 9.34. The molecule has 1 spiro atoms. The number of ketones is 1. The van der Waals surface area contributed by atoms with Gasteiger partial charge < -0.3 is 10.3 Å². The van der Waals surface area contributed by atoms with Crippen molar-refractivity contribution in [1.82, 2.24) is 15.2 Å². The minimum atomic E-state index is -1.04. The van der Waals surface area contributed by atoms with E-state index in [2.05, 4.69) is 10.3 Å². The first-order valence-corrected chi connectivity index (χ1v) is 9.34. The highest BCUT2D eigenvalue weighted by atomic mass is 16.2. The lowest BCUT2D eigenvalue weighted by Gasteiger charge is -2.22. The Balaban J connectivity index is 1.48.